The zero-order valence-corrected chi connectivity index (χ0v) is 13.4. The number of nitrogens with one attached hydrogen (secondary N) is 1. The minimum atomic E-state index is -0.783. The molecule has 4 nitrogen and oxygen atoms in total. The monoisotopic (exact) mass is 321 g/mol. The van der Waals surface area contributed by atoms with Crippen molar-refractivity contribution in [2.75, 3.05) is 13.7 Å². The van der Waals surface area contributed by atoms with Gasteiger partial charge in [-0.25, -0.2) is 0 Å². The topological polar surface area (TPSA) is 58.6 Å². The molecular weight excluding hydrogens is 302 g/mol. The van der Waals surface area contributed by atoms with Crippen LogP contribution in [0.25, 0.3) is 10.8 Å². The first kappa shape index (κ1) is 16.0. The minimum absolute atomic E-state index is 0.130. The van der Waals surface area contributed by atoms with Crippen LogP contribution in [0.3, 0.4) is 0 Å². The Bertz CT molecular complexity index is 855. The van der Waals surface area contributed by atoms with Gasteiger partial charge in [-0.05, 0) is 28.5 Å². The van der Waals surface area contributed by atoms with Crippen LogP contribution in [0.1, 0.15) is 22.0 Å². The predicted molar refractivity (Wildman–Crippen MR) is 94.2 cm³/mol. The highest BCUT2D eigenvalue weighted by Gasteiger charge is 2.15. The van der Waals surface area contributed by atoms with Crippen LogP contribution in [0, 0.1) is 0 Å². The maximum absolute atomic E-state index is 12.3. The Labute approximate surface area is 140 Å². The van der Waals surface area contributed by atoms with Crippen molar-refractivity contribution < 1.29 is 14.6 Å². The molecule has 2 N–H and O–H groups in total. The number of benzene rings is 3. The Hall–Kier alpha value is -2.85. The van der Waals surface area contributed by atoms with Gasteiger partial charge < -0.3 is 15.2 Å². The van der Waals surface area contributed by atoms with E-state index in [0.29, 0.717) is 11.3 Å². The first-order valence-corrected chi connectivity index (χ1v) is 7.77. The van der Waals surface area contributed by atoms with Crippen LogP contribution in [0.15, 0.2) is 66.7 Å². The maximum atomic E-state index is 12.3. The van der Waals surface area contributed by atoms with Gasteiger partial charge in [0.1, 0.15) is 5.75 Å². The largest absolute Gasteiger partial charge is 0.496 e. The van der Waals surface area contributed by atoms with Gasteiger partial charge in [0.15, 0.2) is 0 Å². The molecule has 0 radical (unpaired) electrons. The van der Waals surface area contributed by atoms with E-state index >= 15 is 0 Å². The third-order valence-corrected chi connectivity index (χ3v) is 3.99. The second kappa shape index (κ2) is 7.15. The molecule has 0 aromatic heterocycles. The number of carbonyl (C=O) groups excluding carboxylic acids is 1. The number of ether oxygens (including phenoxy) is 1. The summed E-state index contributed by atoms with van der Waals surface area (Å²) in [6.07, 6.45) is -0.783. The summed E-state index contributed by atoms with van der Waals surface area (Å²) in [5.41, 5.74) is 1.25. The molecule has 0 aliphatic rings. The second-order valence-electron chi connectivity index (χ2n) is 5.49. The third-order valence-electron chi connectivity index (χ3n) is 3.99. The first-order valence-electron chi connectivity index (χ1n) is 7.77. The smallest absolute Gasteiger partial charge is 0.255 e. The number of amides is 1. The summed E-state index contributed by atoms with van der Waals surface area (Å²) in [4.78, 5) is 12.3. The van der Waals surface area contributed by atoms with Crippen molar-refractivity contribution in [1.29, 1.82) is 0 Å². The molecular formula is C20H19NO3. The van der Waals surface area contributed by atoms with Gasteiger partial charge in [-0.1, -0.05) is 54.6 Å². The van der Waals surface area contributed by atoms with E-state index in [0.717, 1.165) is 16.3 Å². The van der Waals surface area contributed by atoms with E-state index in [9.17, 15) is 9.90 Å². The standard InChI is InChI=1S/C20H19NO3/c1-24-19-12-5-4-10-17(19)20(23)21-13-18(22)16-11-6-8-14-7-2-3-9-15(14)16/h2-12,18,22H,13H2,1H3,(H,21,23)/t18-/m1/s1. The van der Waals surface area contributed by atoms with Crippen LogP contribution in [-0.4, -0.2) is 24.7 Å². The number of hydrogen-bond acceptors (Lipinski definition) is 3. The van der Waals surface area contributed by atoms with Gasteiger partial charge in [-0.15, -0.1) is 0 Å². The average Bonchev–Trinajstić information content (AvgIpc) is 2.65. The zero-order valence-electron chi connectivity index (χ0n) is 13.4. The van der Waals surface area contributed by atoms with E-state index in [1.54, 1.807) is 24.3 Å². The molecule has 0 aliphatic carbocycles. The van der Waals surface area contributed by atoms with Crippen molar-refractivity contribution in [2.45, 2.75) is 6.10 Å². The summed E-state index contributed by atoms with van der Waals surface area (Å²) in [6.45, 7) is 0.130. The molecule has 0 fully saturated rings. The van der Waals surface area contributed by atoms with Crippen LogP contribution in [0.5, 0.6) is 5.75 Å². The lowest BCUT2D eigenvalue weighted by atomic mass is 10.0. The average molecular weight is 321 g/mol. The molecule has 0 heterocycles. The lowest BCUT2D eigenvalue weighted by molar-refractivity contribution is 0.0914. The molecule has 4 heteroatoms. The molecule has 24 heavy (non-hydrogen) atoms. The second-order valence-corrected chi connectivity index (χ2v) is 5.49. The molecule has 0 saturated carbocycles. The number of methoxy groups -OCH3 is 1. The van der Waals surface area contributed by atoms with Crippen molar-refractivity contribution >= 4 is 16.7 Å². The van der Waals surface area contributed by atoms with Crippen LogP contribution in [-0.2, 0) is 0 Å². The Morgan fingerprint density at radius 1 is 1.04 bits per heavy atom. The zero-order chi connectivity index (χ0) is 16.9. The summed E-state index contributed by atoms with van der Waals surface area (Å²) >= 11 is 0. The van der Waals surface area contributed by atoms with Crippen molar-refractivity contribution in [1.82, 2.24) is 5.32 Å². The molecule has 3 aromatic carbocycles. The van der Waals surface area contributed by atoms with E-state index in [-0.39, 0.29) is 12.5 Å². The fourth-order valence-corrected chi connectivity index (χ4v) is 2.77. The van der Waals surface area contributed by atoms with Gasteiger partial charge in [0.25, 0.3) is 5.91 Å². The summed E-state index contributed by atoms with van der Waals surface area (Å²) in [5.74, 6) is 0.237. The van der Waals surface area contributed by atoms with Gasteiger partial charge >= 0.3 is 0 Å². The third kappa shape index (κ3) is 3.24. The molecule has 0 spiro atoms. The van der Waals surface area contributed by atoms with Gasteiger partial charge in [0.2, 0.25) is 0 Å². The van der Waals surface area contributed by atoms with Crippen molar-refractivity contribution in [2.24, 2.45) is 0 Å². The fraction of sp³-hybridized carbons (Fsp3) is 0.150. The Kier molecular flexibility index (Phi) is 4.77. The molecule has 3 aromatic rings. The van der Waals surface area contributed by atoms with Crippen molar-refractivity contribution in [3.63, 3.8) is 0 Å². The first-order chi connectivity index (χ1) is 11.7. The van der Waals surface area contributed by atoms with Crippen LogP contribution < -0.4 is 10.1 Å². The van der Waals surface area contributed by atoms with Crippen molar-refractivity contribution in [3.8, 4) is 5.75 Å². The lowest BCUT2D eigenvalue weighted by Gasteiger charge is -2.15. The molecule has 1 atom stereocenters. The van der Waals surface area contributed by atoms with E-state index in [4.69, 9.17) is 4.74 Å². The SMILES string of the molecule is COc1ccccc1C(=O)NC[C@@H](O)c1cccc2ccccc12. The minimum Gasteiger partial charge on any atom is -0.496 e. The van der Waals surface area contributed by atoms with Gasteiger partial charge in [0, 0.05) is 6.54 Å². The number of fused-ring (bicyclic) bond motifs is 1. The van der Waals surface area contributed by atoms with Crippen LogP contribution in [0.4, 0.5) is 0 Å². The molecule has 0 saturated heterocycles. The molecule has 0 aliphatic heterocycles. The number of aliphatic hydroxyl groups is 1. The van der Waals surface area contributed by atoms with Crippen LogP contribution >= 0.6 is 0 Å². The van der Waals surface area contributed by atoms with E-state index in [1.807, 2.05) is 42.5 Å². The lowest BCUT2D eigenvalue weighted by Crippen LogP contribution is -2.28. The van der Waals surface area contributed by atoms with Crippen LogP contribution in [0.2, 0.25) is 0 Å². The van der Waals surface area contributed by atoms with Gasteiger partial charge in [-0.3, -0.25) is 4.79 Å². The number of aliphatic hydroxyl groups excluding tert-OH is 1. The number of hydrogen-bond donors (Lipinski definition) is 2. The Morgan fingerprint density at radius 3 is 2.58 bits per heavy atom. The quantitative estimate of drug-likeness (QED) is 0.758. The highest BCUT2D eigenvalue weighted by atomic mass is 16.5. The molecule has 0 bridgehead atoms. The highest BCUT2D eigenvalue weighted by Crippen LogP contribution is 2.24. The Morgan fingerprint density at radius 2 is 1.75 bits per heavy atom. The van der Waals surface area contributed by atoms with E-state index in [1.165, 1.54) is 7.11 Å². The predicted octanol–water partition coefficient (Wildman–Crippen LogP) is 3.31. The summed E-state index contributed by atoms with van der Waals surface area (Å²) in [6, 6.07) is 20.7. The number of carbonyl (C=O) groups is 1. The number of para-hydroxylation sites is 1. The molecule has 0 unspecified atom stereocenters. The molecule has 1 amide bonds. The molecule has 3 rings (SSSR count). The highest BCUT2D eigenvalue weighted by molar-refractivity contribution is 5.97. The number of rotatable bonds is 5. The van der Waals surface area contributed by atoms with Gasteiger partial charge in [-0.2, -0.15) is 0 Å². The maximum Gasteiger partial charge on any atom is 0.255 e. The van der Waals surface area contributed by atoms with E-state index in [2.05, 4.69) is 5.32 Å². The summed E-state index contributed by atoms with van der Waals surface area (Å²) in [5, 5.41) is 15.3. The molecule has 122 valence electrons. The fourth-order valence-electron chi connectivity index (χ4n) is 2.77. The van der Waals surface area contributed by atoms with Gasteiger partial charge in [0.05, 0.1) is 18.8 Å². The van der Waals surface area contributed by atoms with E-state index < -0.39 is 6.10 Å². The Balaban J connectivity index is 1.75. The summed E-state index contributed by atoms with van der Waals surface area (Å²) in [7, 11) is 1.52. The summed E-state index contributed by atoms with van der Waals surface area (Å²) < 4.78 is 5.19. The van der Waals surface area contributed by atoms with Crippen molar-refractivity contribution in [3.05, 3.63) is 77.9 Å². The normalized spacial score (nSPS) is 11.9.